The molecule has 0 aromatic heterocycles. The lowest BCUT2D eigenvalue weighted by atomic mass is 9.56. The minimum absolute atomic E-state index is 0.131. The van der Waals surface area contributed by atoms with Crippen LogP contribution in [0.1, 0.15) is 51.9 Å². The Balaban J connectivity index is 1.80. The molecule has 0 spiro atoms. The molecule has 0 N–H and O–H groups in total. The minimum Gasteiger partial charge on any atom is -0.324 e. The highest BCUT2D eigenvalue weighted by atomic mass is 16.9. The van der Waals surface area contributed by atoms with Crippen molar-refractivity contribution in [1.29, 1.82) is 10.5 Å². The Morgan fingerprint density at radius 2 is 1.62 bits per heavy atom. The minimum atomic E-state index is -0.991. The number of nitrogens with zero attached hydrogens (tertiary/aromatic N) is 2. The van der Waals surface area contributed by atoms with E-state index < -0.39 is 17.5 Å². The second-order valence-electron chi connectivity index (χ2n) is 7.14. The Hall–Kier alpha value is -1.14. The first kappa shape index (κ1) is 13.5. The molecule has 21 heavy (non-hydrogen) atoms. The van der Waals surface area contributed by atoms with Gasteiger partial charge in [-0.05, 0) is 12.8 Å². The van der Waals surface area contributed by atoms with E-state index in [4.69, 9.17) is 14.2 Å². The summed E-state index contributed by atoms with van der Waals surface area (Å²) in [6, 6.07) is 4.50. The first-order valence-electron chi connectivity index (χ1n) is 7.90. The van der Waals surface area contributed by atoms with E-state index in [0.29, 0.717) is 0 Å². The second-order valence-corrected chi connectivity index (χ2v) is 7.14. The third kappa shape index (κ3) is 1.66. The van der Waals surface area contributed by atoms with Gasteiger partial charge in [-0.3, -0.25) is 0 Å². The van der Waals surface area contributed by atoms with Crippen LogP contribution in [0.15, 0.2) is 0 Å². The predicted molar refractivity (Wildman–Crippen MR) is 71.4 cm³/mol. The summed E-state index contributed by atoms with van der Waals surface area (Å²) in [5.74, 6) is -1.60. The predicted octanol–water partition coefficient (Wildman–Crippen LogP) is 2.62. The summed E-state index contributed by atoms with van der Waals surface area (Å²) >= 11 is 0. The zero-order valence-electron chi connectivity index (χ0n) is 12.3. The van der Waals surface area contributed by atoms with Crippen molar-refractivity contribution in [1.82, 2.24) is 0 Å². The van der Waals surface area contributed by atoms with Gasteiger partial charge in [0.25, 0.3) is 5.97 Å². The van der Waals surface area contributed by atoms with Gasteiger partial charge in [-0.1, -0.05) is 12.8 Å². The van der Waals surface area contributed by atoms with Gasteiger partial charge in [-0.15, -0.1) is 0 Å². The zero-order chi connectivity index (χ0) is 14.7. The lowest BCUT2D eigenvalue weighted by Crippen LogP contribution is -2.71. The third-order valence-corrected chi connectivity index (χ3v) is 6.00. The average molecular weight is 288 g/mol. The molecule has 5 fully saturated rings. The van der Waals surface area contributed by atoms with Gasteiger partial charge >= 0.3 is 0 Å². The smallest absolute Gasteiger partial charge is 0.280 e. The summed E-state index contributed by atoms with van der Waals surface area (Å²) in [7, 11) is 0. The molecule has 2 saturated carbocycles. The van der Waals surface area contributed by atoms with Gasteiger partial charge in [0, 0.05) is 31.6 Å². The lowest BCUT2D eigenvalue weighted by Gasteiger charge is -2.64. The molecule has 5 aliphatic rings. The molecular formula is C16H20N2O3. The Morgan fingerprint density at radius 1 is 1.05 bits per heavy atom. The van der Waals surface area contributed by atoms with Gasteiger partial charge < -0.3 is 14.2 Å². The van der Waals surface area contributed by atoms with Crippen LogP contribution in [0.4, 0.5) is 0 Å². The van der Waals surface area contributed by atoms with Crippen molar-refractivity contribution in [2.45, 2.75) is 75.7 Å². The van der Waals surface area contributed by atoms with Crippen LogP contribution in [0, 0.1) is 34.0 Å². The first-order chi connectivity index (χ1) is 10.0. The first-order valence-corrected chi connectivity index (χ1v) is 7.90. The van der Waals surface area contributed by atoms with Gasteiger partial charge in [0.15, 0.2) is 0 Å². The molecule has 2 atom stereocenters. The van der Waals surface area contributed by atoms with Crippen LogP contribution >= 0.6 is 0 Å². The molecule has 0 aromatic carbocycles. The summed E-state index contributed by atoms with van der Waals surface area (Å²) in [6.45, 7) is 1.83. The fourth-order valence-electron chi connectivity index (χ4n) is 5.38. The van der Waals surface area contributed by atoms with Gasteiger partial charge in [0.1, 0.15) is 5.92 Å². The number of rotatable bonds is 2. The molecule has 0 aromatic rings. The number of nitriles is 2. The summed E-state index contributed by atoms with van der Waals surface area (Å²) in [5, 5.41) is 19.1. The van der Waals surface area contributed by atoms with Crippen molar-refractivity contribution in [3.8, 4) is 12.1 Å². The molecule has 5 heteroatoms. The zero-order valence-corrected chi connectivity index (χ0v) is 12.3. The Bertz CT molecular complexity index is 513. The van der Waals surface area contributed by atoms with Crippen LogP contribution in [0.3, 0.4) is 0 Å². The van der Waals surface area contributed by atoms with Gasteiger partial charge in [0.05, 0.1) is 29.9 Å². The van der Waals surface area contributed by atoms with Crippen LogP contribution in [0.25, 0.3) is 0 Å². The molecule has 5 rings (SSSR count). The molecule has 0 radical (unpaired) electrons. The topological polar surface area (TPSA) is 75.3 Å². The van der Waals surface area contributed by atoms with E-state index in [-0.39, 0.29) is 17.6 Å². The Morgan fingerprint density at radius 3 is 2.10 bits per heavy atom. The third-order valence-electron chi connectivity index (χ3n) is 6.00. The summed E-state index contributed by atoms with van der Waals surface area (Å²) in [5.41, 5.74) is -0.791. The van der Waals surface area contributed by atoms with Crippen LogP contribution < -0.4 is 0 Å². The van der Waals surface area contributed by atoms with Crippen LogP contribution in [0.5, 0.6) is 0 Å². The molecule has 4 bridgehead atoms. The number of hydrogen-bond donors (Lipinski definition) is 0. The molecule has 3 aliphatic heterocycles. The van der Waals surface area contributed by atoms with Crippen molar-refractivity contribution in [2.24, 2.45) is 11.3 Å². The molecular weight excluding hydrogens is 268 g/mol. The molecule has 3 saturated heterocycles. The fraction of sp³-hybridized carbons (Fsp3) is 0.875. The second kappa shape index (κ2) is 4.20. The molecule has 3 heterocycles. The highest BCUT2D eigenvalue weighted by molar-refractivity contribution is 5.21. The normalized spacial score (nSPS) is 46.5. The van der Waals surface area contributed by atoms with E-state index in [1.807, 2.05) is 6.92 Å². The number of ether oxygens (including phenoxy) is 3. The van der Waals surface area contributed by atoms with Gasteiger partial charge in [-0.25, -0.2) is 0 Å². The lowest BCUT2D eigenvalue weighted by molar-refractivity contribution is -0.521. The van der Waals surface area contributed by atoms with Crippen molar-refractivity contribution >= 4 is 0 Å². The Kier molecular flexibility index (Phi) is 2.70. The SMILES string of the molecule is CC12OC3CC(CC(C4(C(C#N)C#N)CCCC4)(C3)O1)O2. The quantitative estimate of drug-likeness (QED) is 0.780. The molecule has 2 aliphatic carbocycles. The summed E-state index contributed by atoms with van der Waals surface area (Å²) in [6.07, 6.45) is 6.68. The maximum Gasteiger partial charge on any atom is 0.280 e. The molecule has 2 unspecified atom stereocenters. The van der Waals surface area contributed by atoms with Crippen molar-refractivity contribution < 1.29 is 14.2 Å². The van der Waals surface area contributed by atoms with E-state index in [9.17, 15) is 10.5 Å². The van der Waals surface area contributed by atoms with Crippen molar-refractivity contribution in [2.75, 3.05) is 0 Å². The monoisotopic (exact) mass is 288 g/mol. The van der Waals surface area contributed by atoms with Crippen molar-refractivity contribution in [3.05, 3.63) is 0 Å². The highest BCUT2D eigenvalue weighted by Crippen LogP contribution is 2.63. The van der Waals surface area contributed by atoms with E-state index in [0.717, 1.165) is 44.9 Å². The van der Waals surface area contributed by atoms with E-state index >= 15 is 0 Å². The largest absolute Gasteiger partial charge is 0.324 e. The van der Waals surface area contributed by atoms with E-state index in [1.165, 1.54) is 0 Å². The molecule has 112 valence electrons. The summed E-state index contributed by atoms with van der Waals surface area (Å²) < 4.78 is 18.1. The van der Waals surface area contributed by atoms with Crippen LogP contribution in [-0.2, 0) is 14.2 Å². The van der Waals surface area contributed by atoms with Crippen LogP contribution in [0.2, 0.25) is 0 Å². The van der Waals surface area contributed by atoms with Crippen LogP contribution in [-0.4, -0.2) is 23.8 Å². The Labute approximate surface area is 124 Å². The molecule has 5 nitrogen and oxygen atoms in total. The fourth-order valence-corrected chi connectivity index (χ4v) is 5.38. The molecule has 0 amide bonds. The maximum atomic E-state index is 9.53. The van der Waals surface area contributed by atoms with Gasteiger partial charge in [0.2, 0.25) is 0 Å². The highest BCUT2D eigenvalue weighted by Gasteiger charge is 2.69. The summed E-state index contributed by atoms with van der Waals surface area (Å²) in [4.78, 5) is 0. The van der Waals surface area contributed by atoms with E-state index in [1.54, 1.807) is 0 Å². The maximum absolute atomic E-state index is 9.53. The standard InChI is InChI=1S/C16H20N2O3/c1-14-19-12-6-13(20-14)8-16(7-12,21-14)15(4-2-3-5-15)11(9-17)10-18/h11-13H,2-8H2,1H3. The van der Waals surface area contributed by atoms with Crippen molar-refractivity contribution in [3.63, 3.8) is 0 Å². The number of hydrogen-bond acceptors (Lipinski definition) is 5. The van der Waals surface area contributed by atoms with Gasteiger partial charge in [-0.2, -0.15) is 10.5 Å². The van der Waals surface area contributed by atoms with E-state index in [2.05, 4.69) is 12.1 Å². The average Bonchev–Trinajstić information content (AvgIpc) is 2.88.